The molecule has 0 aliphatic heterocycles. The Balaban J connectivity index is 2.12. The first-order chi connectivity index (χ1) is 11.1. The third-order valence-electron chi connectivity index (χ3n) is 3.01. The van der Waals surface area contributed by atoms with E-state index >= 15 is 0 Å². The number of thioether (sulfide) groups is 1. The van der Waals surface area contributed by atoms with Crippen molar-refractivity contribution in [1.82, 2.24) is 5.32 Å². The first-order valence-electron chi connectivity index (χ1n) is 6.70. The van der Waals surface area contributed by atoms with Crippen molar-refractivity contribution >= 4 is 29.3 Å². The lowest BCUT2D eigenvalue weighted by atomic mass is 10.1. The Bertz CT molecular complexity index is 778. The molecule has 0 unspecified atom stereocenters. The molecule has 0 fully saturated rings. The van der Waals surface area contributed by atoms with Gasteiger partial charge in [-0.25, -0.2) is 0 Å². The number of halogens is 1. The number of hydrogen-bond acceptors (Lipinski definition) is 4. The molecule has 0 radical (unpaired) electrons. The molecule has 0 heterocycles. The molecule has 114 valence electrons. The topological polar surface area (TPSA) is 76.7 Å². The third kappa shape index (κ3) is 4.75. The van der Waals surface area contributed by atoms with Gasteiger partial charge in [-0.2, -0.15) is 10.5 Å². The van der Waals surface area contributed by atoms with Crippen molar-refractivity contribution in [2.45, 2.75) is 10.9 Å². The Hall–Kier alpha value is -2.47. The van der Waals surface area contributed by atoms with E-state index in [-0.39, 0.29) is 5.91 Å². The van der Waals surface area contributed by atoms with Gasteiger partial charge in [0.05, 0.1) is 17.9 Å². The van der Waals surface area contributed by atoms with Crippen LogP contribution >= 0.6 is 23.4 Å². The molecule has 2 rings (SSSR count). The largest absolute Gasteiger partial charge is 0.333 e. The average molecular weight is 342 g/mol. The first kappa shape index (κ1) is 16.9. The van der Waals surface area contributed by atoms with Gasteiger partial charge in [-0.1, -0.05) is 29.8 Å². The molecule has 0 saturated heterocycles. The maximum absolute atomic E-state index is 12.3. The van der Waals surface area contributed by atoms with Gasteiger partial charge in [-0.05, 0) is 35.9 Å². The zero-order chi connectivity index (χ0) is 16.7. The van der Waals surface area contributed by atoms with Gasteiger partial charge in [0.15, 0.2) is 0 Å². The van der Waals surface area contributed by atoms with Crippen LogP contribution in [0.25, 0.3) is 0 Å². The van der Waals surface area contributed by atoms with E-state index in [1.807, 2.05) is 12.1 Å². The van der Waals surface area contributed by atoms with Crippen LogP contribution in [0.1, 0.15) is 22.0 Å². The van der Waals surface area contributed by atoms with Gasteiger partial charge in [0.1, 0.15) is 6.04 Å². The summed E-state index contributed by atoms with van der Waals surface area (Å²) in [5, 5.41) is 21.1. The maximum atomic E-state index is 12.3. The van der Waals surface area contributed by atoms with Crippen LogP contribution in [-0.4, -0.2) is 11.7 Å². The molecule has 2 aromatic rings. The van der Waals surface area contributed by atoms with Crippen molar-refractivity contribution < 1.29 is 4.79 Å². The van der Waals surface area contributed by atoms with Gasteiger partial charge in [0, 0.05) is 15.5 Å². The molecule has 6 heteroatoms. The number of nitriles is 2. The molecule has 0 saturated carbocycles. The predicted octanol–water partition coefficient (Wildman–Crippen LogP) is 3.95. The minimum Gasteiger partial charge on any atom is -0.333 e. The van der Waals surface area contributed by atoms with Gasteiger partial charge in [-0.15, -0.1) is 11.8 Å². The molecule has 23 heavy (non-hydrogen) atoms. The standard InChI is InChI=1S/C17H12ClN3OS/c18-14-6-4-12(5-7-14)16(11-20)21-17(22)13-2-1-3-15(10-13)23-9-8-19/h1-7,10,16H,9H2,(H,21,22)/t16-/m0/s1. The molecule has 0 spiro atoms. The molecule has 2 aromatic carbocycles. The third-order valence-corrected chi connectivity index (χ3v) is 4.12. The molecule has 1 atom stereocenters. The summed E-state index contributed by atoms with van der Waals surface area (Å²) in [7, 11) is 0. The van der Waals surface area contributed by atoms with E-state index in [4.69, 9.17) is 16.9 Å². The second-order valence-electron chi connectivity index (χ2n) is 4.56. The molecule has 1 amide bonds. The molecular formula is C17H12ClN3OS. The van der Waals surface area contributed by atoms with Crippen LogP contribution < -0.4 is 5.32 Å². The lowest BCUT2D eigenvalue weighted by molar-refractivity contribution is 0.0945. The number of rotatable bonds is 5. The zero-order valence-electron chi connectivity index (χ0n) is 12.0. The molecule has 0 bridgehead atoms. The smallest absolute Gasteiger partial charge is 0.252 e. The Morgan fingerprint density at radius 2 is 1.96 bits per heavy atom. The molecule has 1 N–H and O–H groups in total. The number of benzene rings is 2. The van der Waals surface area contributed by atoms with Gasteiger partial charge in [-0.3, -0.25) is 4.79 Å². The van der Waals surface area contributed by atoms with E-state index in [1.54, 1.807) is 42.5 Å². The molecule has 0 aromatic heterocycles. The van der Waals surface area contributed by atoms with E-state index in [9.17, 15) is 10.1 Å². The Morgan fingerprint density at radius 3 is 2.61 bits per heavy atom. The van der Waals surface area contributed by atoms with Gasteiger partial charge >= 0.3 is 0 Å². The molecule has 0 aliphatic rings. The average Bonchev–Trinajstić information content (AvgIpc) is 2.58. The monoisotopic (exact) mass is 341 g/mol. The van der Waals surface area contributed by atoms with Crippen molar-refractivity contribution in [1.29, 1.82) is 10.5 Å². The van der Waals surface area contributed by atoms with Crippen LogP contribution in [0, 0.1) is 22.7 Å². The summed E-state index contributed by atoms with van der Waals surface area (Å²) in [4.78, 5) is 13.2. The van der Waals surface area contributed by atoms with Crippen LogP contribution in [0.2, 0.25) is 5.02 Å². The van der Waals surface area contributed by atoms with Crippen LogP contribution in [0.5, 0.6) is 0 Å². The lowest BCUT2D eigenvalue weighted by Gasteiger charge is -2.12. The highest BCUT2D eigenvalue weighted by Crippen LogP contribution is 2.20. The van der Waals surface area contributed by atoms with E-state index < -0.39 is 6.04 Å². The lowest BCUT2D eigenvalue weighted by Crippen LogP contribution is -2.27. The Morgan fingerprint density at radius 1 is 1.22 bits per heavy atom. The van der Waals surface area contributed by atoms with E-state index in [1.165, 1.54) is 11.8 Å². The minimum absolute atomic E-state index is 0.316. The van der Waals surface area contributed by atoms with Gasteiger partial charge in [0.25, 0.3) is 5.91 Å². The Labute approximate surface area is 143 Å². The van der Waals surface area contributed by atoms with Crippen molar-refractivity contribution in [2.75, 3.05) is 5.75 Å². The summed E-state index contributed by atoms with van der Waals surface area (Å²) in [6.07, 6.45) is 0. The summed E-state index contributed by atoms with van der Waals surface area (Å²) in [5.41, 5.74) is 1.11. The van der Waals surface area contributed by atoms with Crippen molar-refractivity contribution in [3.05, 3.63) is 64.7 Å². The molecule has 4 nitrogen and oxygen atoms in total. The summed E-state index contributed by atoms with van der Waals surface area (Å²) >= 11 is 7.18. The highest BCUT2D eigenvalue weighted by atomic mass is 35.5. The van der Waals surface area contributed by atoms with Gasteiger partial charge < -0.3 is 5.32 Å². The summed E-state index contributed by atoms with van der Waals surface area (Å²) in [6, 6.07) is 17.1. The molecule has 0 aliphatic carbocycles. The van der Waals surface area contributed by atoms with Crippen molar-refractivity contribution in [2.24, 2.45) is 0 Å². The summed E-state index contributed by atoms with van der Waals surface area (Å²) in [6.45, 7) is 0. The number of carbonyl (C=O) groups excluding carboxylic acids is 1. The van der Waals surface area contributed by atoms with Crippen molar-refractivity contribution in [3.63, 3.8) is 0 Å². The number of amides is 1. The van der Waals surface area contributed by atoms with Gasteiger partial charge in [0.2, 0.25) is 0 Å². The highest BCUT2D eigenvalue weighted by molar-refractivity contribution is 7.99. The fraction of sp³-hybridized carbons (Fsp3) is 0.118. The normalized spacial score (nSPS) is 11.1. The number of hydrogen-bond donors (Lipinski definition) is 1. The first-order valence-corrected chi connectivity index (χ1v) is 8.06. The second-order valence-corrected chi connectivity index (χ2v) is 6.05. The minimum atomic E-state index is -0.754. The SMILES string of the molecule is N#CCSc1cccc(C(=O)N[C@@H](C#N)c2ccc(Cl)cc2)c1. The van der Waals surface area contributed by atoms with Crippen LogP contribution in [-0.2, 0) is 0 Å². The van der Waals surface area contributed by atoms with Crippen LogP contribution in [0.4, 0.5) is 0 Å². The maximum Gasteiger partial charge on any atom is 0.252 e. The number of nitrogens with one attached hydrogen (secondary N) is 1. The zero-order valence-corrected chi connectivity index (χ0v) is 13.6. The number of carbonyl (C=O) groups is 1. The molecular weight excluding hydrogens is 330 g/mol. The predicted molar refractivity (Wildman–Crippen MR) is 90.1 cm³/mol. The summed E-state index contributed by atoms with van der Waals surface area (Å²) < 4.78 is 0. The second kappa shape index (κ2) is 8.24. The number of nitrogens with zero attached hydrogens (tertiary/aromatic N) is 2. The summed E-state index contributed by atoms with van der Waals surface area (Å²) in [5.74, 6) is -0.0256. The fourth-order valence-electron chi connectivity index (χ4n) is 1.90. The van der Waals surface area contributed by atoms with Crippen LogP contribution in [0.3, 0.4) is 0 Å². The van der Waals surface area contributed by atoms with Crippen molar-refractivity contribution in [3.8, 4) is 12.1 Å². The quantitative estimate of drug-likeness (QED) is 0.835. The van der Waals surface area contributed by atoms with E-state index in [2.05, 4.69) is 11.4 Å². The Kier molecular flexibility index (Phi) is 6.05. The van der Waals surface area contributed by atoms with E-state index in [0.717, 1.165) is 4.90 Å². The highest BCUT2D eigenvalue weighted by Gasteiger charge is 2.15. The fourth-order valence-corrected chi connectivity index (χ4v) is 2.64. The van der Waals surface area contributed by atoms with Crippen LogP contribution in [0.15, 0.2) is 53.4 Å². The van der Waals surface area contributed by atoms with E-state index in [0.29, 0.717) is 21.9 Å².